The van der Waals surface area contributed by atoms with Gasteiger partial charge >= 0.3 is 0 Å². The number of hydrogen-bond donors (Lipinski definition) is 4. The third kappa shape index (κ3) is 3.85. The van der Waals surface area contributed by atoms with Crippen LogP contribution in [-0.2, 0) is 14.2 Å². The Morgan fingerprint density at radius 1 is 0.853 bits per heavy atom. The van der Waals surface area contributed by atoms with E-state index >= 15 is 0 Å². The highest BCUT2D eigenvalue weighted by atomic mass is 16.7. The minimum Gasteiger partial charge on any atom is -0.387 e. The Kier molecular flexibility index (Phi) is 5.52. The largest absolute Gasteiger partial charge is 0.387 e. The highest BCUT2D eigenvalue weighted by Crippen LogP contribution is 2.35. The Balaban J connectivity index is 1.22. The average molecular weight is 460 g/mol. The van der Waals surface area contributed by atoms with E-state index in [9.17, 15) is 10.2 Å². The molecular formula is C26H25N3O5. The Morgan fingerprint density at radius 2 is 1.62 bits per heavy atom. The summed E-state index contributed by atoms with van der Waals surface area (Å²) in [5.41, 5.74) is 4.19. The highest BCUT2D eigenvalue weighted by Gasteiger charge is 2.49. The first-order chi connectivity index (χ1) is 16.7. The molecule has 0 bridgehead atoms. The van der Waals surface area contributed by atoms with Crippen molar-refractivity contribution in [1.29, 1.82) is 0 Å². The number of anilines is 1. The maximum atomic E-state index is 10.9. The summed E-state index contributed by atoms with van der Waals surface area (Å²) < 4.78 is 18.0. The molecule has 3 heterocycles. The molecule has 1 aromatic heterocycles. The number of aliphatic hydroxyl groups excluding tert-OH is 2. The first-order valence-corrected chi connectivity index (χ1v) is 11.3. The molecule has 4 N–H and O–H groups in total. The van der Waals surface area contributed by atoms with Gasteiger partial charge in [-0.1, -0.05) is 54.6 Å². The van der Waals surface area contributed by atoms with Crippen LogP contribution in [-0.4, -0.2) is 57.4 Å². The van der Waals surface area contributed by atoms with Gasteiger partial charge in [-0.3, -0.25) is 0 Å². The zero-order valence-corrected chi connectivity index (χ0v) is 18.2. The van der Waals surface area contributed by atoms with Crippen LogP contribution in [0, 0.1) is 0 Å². The van der Waals surface area contributed by atoms with Gasteiger partial charge in [0.15, 0.2) is 12.5 Å². The summed E-state index contributed by atoms with van der Waals surface area (Å²) in [4.78, 5) is 8.02. The lowest BCUT2D eigenvalue weighted by molar-refractivity contribution is -0.325. The summed E-state index contributed by atoms with van der Waals surface area (Å²) in [6, 6.07) is 25.0. The third-order valence-corrected chi connectivity index (χ3v) is 6.32. The second kappa shape index (κ2) is 8.83. The monoisotopic (exact) mass is 459 g/mol. The molecule has 2 saturated heterocycles. The number of imidazole rings is 1. The van der Waals surface area contributed by atoms with Gasteiger partial charge in [-0.25, -0.2) is 4.98 Å². The molecule has 8 heteroatoms. The molecule has 3 aromatic carbocycles. The van der Waals surface area contributed by atoms with Crippen LogP contribution < -0.4 is 5.32 Å². The molecule has 2 aliphatic heterocycles. The lowest BCUT2D eigenvalue weighted by Crippen LogP contribution is -2.63. The number of rotatable bonds is 4. The van der Waals surface area contributed by atoms with Gasteiger partial charge < -0.3 is 34.7 Å². The van der Waals surface area contributed by atoms with E-state index in [-0.39, 0.29) is 6.61 Å². The summed E-state index contributed by atoms with van der Waals surface area (Å²) in [6.45, 7) is 0.234. The average Bonchev–Trinajstić information content (AvgIpc) is 3.32. The first kappa shape index (κ1) is 21.3. The van der Waals surface area contributed by atoms with Crippen molar-refractivity contribution < 1.29 is 24.4 Å². The van der Waals surface area contributed by atoms with E-state index in [1.54, 1.807) is 0 Å². The van der Waals surface area contributed by atoms with E-state index in [2.05, 4.69) is 15.3 Å². The number of para-hydroxylation sites is 3. The molecule has 2 fully saturated rings. The number of nitrogens with zero attached hydrogens (tertiary/aromatic N) is 1. The predicted octanol–water partition coefficient (Wildman–Crippen LogP) is 3.20. The molecule has 0 amide bonds. The van der Waals surface area contributed by atoms with Crippen molar-refractivity contribution in [2.24, 2.45) is 0 Å². The number of aromatic nitrogens is 2. The molecule has 174 valence electrons. The van der Waals surface area contributed by atoms with Crippen molar-refractivity contribution in [3.63, 3.8) is 0 Å². The maximum absolute atomic E-state index is 10.9. The van der Waals surface area contributed by atoms with Crippen molar-refractivity contribution in [2.45, 2.75) is 36.9 Å². The van der Waals surface area contributed by atoms with E-state index in [0.717, 1.165) is 27.8 Å². The van der Waals surface area contributed by atoms with Crippen LogP contribution in [0.1, 0.15) is 11.9 Å². The number of aliphatic hydroxyl groups is 2. The Bertz CT molecular complexity index is 1240. The summed E-state index contributed by atoms with van der Waals surface area (Å²) in [5, 5.41) is 25.0. The molecule has 2 aliphatic rings. The molecule has 0 saturated carbocycles. The fourth-order valence-electron chi connectivity index (χ4n) is 4.56. The molecule has 0 aliphatic carbocycles. The van der Waals surface area contributed by atoms with Crippen LogP contribution in [0.25, 0.3) is 22.4 Å². The summed E-state index contributed by atoms with van der Waals surface area (Å²) in [5.74, 6) is 0.697. The fraction of sp³-hybridized carbons (Fsp3) is 0.269. The van der Waals surface area contributed by atoms with E-state index in [1.807, 2.05) is 78.9 Å². The van der Waals surface area contributed by atoms with Crippen molar-refractivity contribution in [3.8, 4) is 11.4 Å². The standard InChI is InChI=1S/C26H25N3O5/c30-21-22(31)25(33-20-14-32-26(34-23(20)21)15-8-2-1-3-9-15)29-17-11-5-4-10-16(17)24-27-18-12-6-7-13-19(18)28-24/h1-13,20-23,25-26,29-31H,14H2,(H,27,28)/t20-,21-,22-,23-,25+,26?/m1/s1. The molecule has 0 radical (unpaired) electrons. The lowest BCUT2D eigenvalue weighted by atomic mass is 9.96. The van der Waals surface area contributed by atoms with Crippen molar-refractivity contribution in [3.05, 3.63) is 84.4 Å². The zero-order chi connectivity index (χ0) is 23.1. The van der Waals surface area contributed by atoms with E-state index < -0.39 is 36.9 Å². The first-order valence-electron chi connectivity index (χ1n) is 11.3. The van der Waals surface area contributed by atoms with Gasteiger partial charge in [0.1, 0.15) is 30.2 Å². The molecule has 6 atom stereocenters. The summed E-state index contributed by atoms with van der Waals surface area (Å²) in [6.07, 6.45) is -5.08. The second-order valence-electron chi connectivity index (χ2n) is 8.55. The van der Waals surface area contributed by atoms with Crippen LogP contribution in [0.5, 0.6) is 0 Å². The van der Waals surface area contributed by atoms with Crippen LogP contribution in [0.15, 0.2) is 78.9 Å². The smallest absolute Gasteiger partial charge is 0.184 e. The van der Waals surface area contributed by atoms with Crippen molar-refractivity contribution in [1.82, 2.24) is 9.97 Å². The predicted molar refractivity (Wildman–Crippen MR) is 126 cm³/mol. The van der Waals surface area contributed by atoms with Gasteiger partial charge in [-0.15, -0.1) is 0 Å². The van der Waals surface area contributed by atoms with Gasteiger partial charge in [0.2, 0.25) is 0 Å². The fourth-order valence-corrected chi connectivity index (χ4v) is 4.56. The van der Waals surface area contributed by atoms with E-state index in [4.69, 9.17) is 14.2 Å². The number of hydrogen-bond acceptors (Lipinski definition) is 7. The highest BCUT2D eigenvalue weighted by molar-refractivity contribution is 5.83. The molecule has 8 nitrogen and oxygen atoms in total. The van der Waals surface area contributed by atoms with Crippen LogP contribution in [0.3, 0.4) is 0 Å². The number of benzene rings is 3. The SMILES string of the molecule is O[C@@H]1[C@@H](O)[C@@H](Nc2ccccc2-c2nc3ccccc3[nH]2)O[C@@H]2COC(c3ccccc3)O[C@@H]12. The number of fused-ring (bicyclic) bond motifs is 2. The molecule has 34 heavy (non-hydrogen) atoms. The minimum atomic E-state index is -1.21. The Labute approximate surface area is 196 Å². The van der Waals surface area contributed by atoms with Gasteiger partial charge in [0.25, 0.3) is 0 Å². The number of ether oxygens (including phenoxy) is 3. The molecule has 1 unspecified atom stereocenters. The Morgan fingerprint density at radius 3 is 2.47 bits per heavy atom. The van der Waals surface area contributed by atoms with E-state index in [0.29, 0.717) is 5.82 Å². The third-order valence-electron chi connectivity index (χ3n) is 6.32. The quantitative estimate of drug-likeness (QED) is 0.371. The number of nitrogens with one attached hydrogen (secondary N) is 2. The van der Waals surface area contributed by atoms with Crippen molar-refractivity contribution >= 4 is 16.7 Å². The minimum absolute atomic E-state index is 0.234. The summed E-state index contributed by atoms with van der Waals surface area (Å²) >= 11 is 0. The molecule has 0 spiro atoms. The van der Waals surface area contributed by atoms with Crippen LogP contribution >= 0.6 is 0 Å². The topological polar surface area (TPSA) is 109 Å². The zero-order valence-electron chi connectivity index (χ0n) is 18.2. The second-order valence-corrected chi connectivity index (χ2v) is 8.55. The summed E-state index contributed by atoms with van der Waals surface area (Å²) in [7, 11) is 0. The number of aromatic amines is 1. The van der Waals surface area contributed by atoms with Gasteiger partial charge in [-0.2, -0.15) is 0 Å². The molecule has 4 aromatic rings. The number of H-pyrrole nitrogens is 1. The normalized spacial score (nSPS) is 29.0. The van der Waals surface area contributed by atoms with Crippen molar-refractivity contribution in [2.75, 3.05) is 11.9 Å². The lowest BCUT2D eigenvalue weighted by Gasteiger charge is -2.46. The van der Waals surface area contributed by atoms with Gasteiger partial charge in [0.05, 0.1) is 17.6 Å². The Hall–Kier alpha value is -3.27. The molecular weight excluding hydrogens is 434 g/mol. The maximum Gasteiger partial charge on any atom is 0.184 e. The van der Waals surface area contributed by atoms with Crippen LogP contribution in [0.4, 0.5) is 5.69 Å². The van der Waals surface area contributed by atoms with E-state index in [1.165, 1.54) is 0 Å². The van der Waals surface area contributed by atoms with Gasteiger partial charge in [0, 0.05) is 16.8 Å². The molecule has 6 rings (SSSR count). The van der Waals surface area contributed by atoms with Crippen LogP contribution in [0.2, 0.25) is 0 Å². The van der Waals surface area contributed by atoms with Gasteiger partial charge in [-0.05, 0) is 24.3 Å².